The zero-order valence-electron chi connectivity index (χ0n) is 13.7. The fraction of sp³-hybridized carbons (Fsp3) is 0.400. The summed E-state index contributed by atoms with van der Waals surface area (Å²) in [4.78, 5) is 0. The fourth-order valence-electron chi connectivity index (χ4n) is 2.37. The normalized spacial score (nSPS) is 10.8. The van der Waals surface area contributed by atoms with Crippen molar-refractivity contribution in [1.29, 1.82) is 0 Å². The summed E-state index contributed by atoms with van der Waals surface area (Å²) in [5, 5.41) is 0. The molecular weight excluding hydrogens is 511 g/mol. The third-order valence-corrected chi connectivity index (χ3v) is 10.5. The minimum atomic E-state index is -0.139. The average Bonchev–Trinajstić information content (AvgIpc) is 2.61. The van der Waals surface area contributed by atoms with Gasteiger partial charge in [0.15, 0.2) is 0 Å². The second kappa shape index (κ2) is 13.3. The van der Waals surface area contributed by atoms with Crippen molar-refractivity contribution in [3.8, 4) is 0 Å². The summed E-state index contributed by atoms with van der Waals surface area (Å²) in [6, 6.07) is 21.6. The summed E-state index contributed by atoms with van der Waals surface area (Å²) in [7, 11) is 0. The van der Waals surface area contributed by atoms with E-state index in [9.17, 15) is 0 Å². The molecule has 0 aromatic heterocycles. The van der Waals surface area contributed by atoms with Crippen LogP contribution in [0, 0.1) is 0 Å². The van der Waals surface area contributed by atoms with Crippen molar-refractivity contribution >= 4 is 42.7 Å². The van der Waals surface area contributed by atoms with Gasteiger partial charge in [-0.25, -0.2) is 0 Å². The molecule has 0 radical (unpaired) electrons. The van der Waals surface area contributed by atoms with Crippen molar-refractivity contribution in [2.75, 3.05) is 0 Å². The first-order valence-electron chi connectivity index (χ1n) is 8.44. The first-order chi connectivity index (χ1) is 11.4. The van der Waals surface area contributed by atoms with Crippen LogP contribution in [0.1, 0.15) is 36.8 Å². The summed E-state index contributed by atoms with van der Waals surface area (Å²) in [6.45, 7) is 0. The van der Waals surface area contributed by atoms with Crippen molar-refractivity contribution < 1.29 is 1.47 Å². The molecule has 0 spiro atoms. The number of unbranched alkanes of at least 4 members (excludes halogenated alkanes) is 2. The molecule has 0 aliphatic heterocycles. The molecule has 0 aliphatic carbocycles. The van der Waals surface area contributed by atoms with Gasteiger partial charge < -0.3 is 0 Å². The van der Waals surface area contributed by atoms with Gasteiger partial charge in [0.25, 0.3) is 0 Å². The first kappa shape index (κ1) is 19.3. The Balaban J connectivity index is 1.34. The van der Waals surface area contributed by atoms with E-state index in [0.717, 1.165) is 0 Å². The van der Waals surface area contributed by atoms with Crippen LogP contribution in [0.15, 0.2) is 60.7 Å². The van der Waals surface area contributed by atoms with Crippen LogP contribution in [0.4, 0.5) is 0 Å². The van der Waals surface area contributed by atoms with Crippen LogP contribution in [0.25, 0.3) is 0 Å². The second-order valence-corrected chi connectivity index (χ2v) is 12.3. The molecule has 0 saturated heterocycles. The number of aryl methyl sites for hydroxylation is 2. The molecule has 0 saturated carbocycles. The molecule has 0 heterocycles. The second-order valence-electron chi connectivity index (χ2n) is 5.60. The van der Waals surface area contributed by atoms with Gasteiger partial charge in [-0.3, -0.25) is 0 Å². The number of benzene rings is 2. The van der Waals surface area contributed by atoms with Gasteiger partial charge in [-0.05, 0) is 0 Å². The summed E-state index contributed by atoms with van der Waals surface area (Å²) >= 11 is -0.279. The van der Waals surface area contributed by atoms with Crippen molar-refractivity contribution in [2.45, 2.75) is 47.5 Å². The molecule has 0 atom stereocenters. The monoisotopic (exact) mass is 542 g/mol. The maximum absolute atomic E-state index is 6.00. The number of rotatable bonds is 12. The average molecular weight is 538 g/mol. The van der Waals surface area contributed by atoms with Gasteiger partial charge in [-0.1, -0.05) is 0 Å². The maximum atomic E-state index is 6.00. The molecule has 2 rings (SSSR count). The van der Waals surface area contributed by atoms with E-state index >= 15 is 0 Å². The Morgan fingerprint density at radius 1 is 0.565 bits per heavy atom. The Morgan fingerprint density at radius 2 is 1.00 bits per heavy atom. The predicted molar refractivity (Wildman–Crippen MR) is 101 cm³/mol. The van der Waals surface area contributed by atoms with E-state index in [1.165, 1.54) is 58.6 Å². The van der Waals surface area contributed by atoms with Crippen molar-refractivity contribution in [3.63, 3.8) is 0 Å². The van der Waals surface area contributed by atoms with E-state index in [2.05, 4.69) is 60.7 Å². The van der Waals surface area contributed by atoms with Gasteiger partial charge in [0.05, 0.1) is 0 Å². The summed E-state index contributed by atoms with van der Waals surface area (Å²) in [5.41, 5.74) is 2.95. The minimum absolute atomic E-state index is 0.139. The zero-order chi connectivity index (χ0) is 16.0. The number of hydrogen-bond donors (Lipinski definition) is 0. The Morgan fingerprint density at radius 3 is 1.43 bits per heavy atom. The van der Waals surface area contributed by atoms with E-state index in [-0.39, 0.29) is 42.7 Å². The van der Waals surface area contributed by atoms with E-state index < -0.39 is 0 Å². The Hall–Kier alpha value is -0.0208. The molecule has 3 heteroatoms. The standard InChI is InChI=1S/C20H26OTe2/c1-3-11-19(12-4-1)15-7-9-17-22-21-23-18-10-8-16-20-13-5-2-6-14-20/h1-6,11-14H,7-10,15-18H2. The fourth-order valence-corrected chi connectivity index (χ4v) is 8.70. The molecule has 23 heavy (non-hydrogen) atoms. The molecule has 2 aromatic carbocycles. The van der Waals surface area contributed by atoms with Gasteiger partial charge >= 0.3 is 163 Å². The van der Waals surface area contributed by atoms with Crippen LogP contribution in [-0.2, 0) is 14.3 Å². The van der Waals surface area contributed by atoms with E-state index in [1.807, 2.05) is 0 Å². The molecule has 0 amide bonds. The van der Waals surface area contributed by atoms with Crippen LogP contribution in [0.5, 0.6) is 0 Å². The van der Waals surface area contributed by atoms with E-state index in [1.54, 1.807) is 0 Å². The molecule has 124 valence electrons. The first-order valence-corrected chi connectivity index (χ1v) is 13.6. The molecule has 2 aromatic rings. The molecule has 1 nitrogen and oxygen atoms in total. The van der Waals surface area contributed by atoms with Crippen molar-refractivity contribution in [3.05, 3.63) is 71.8 Å². The van der Waals surface area contributed by atoms with Crippen LogP contribution in [0.3, 0.4) is 0 Å². The molecule has 0 aliphatic rings. The van der Waals surface area contributed by atoms with Crippen LogP contribution < -0.4 is 0 Å². The van der Waals surface area contributed by atoms with Crippen LogP contribution >= 0.6 is 0 Å². The van der Waals surface area contributed by atoms with Gasteiger partial charge in [-0.2, -0.15) is 0 Å². The SMILES string of the molecule is c1ccc(CCCC[Te]O[Te]CCCCc2ccccc2)cc1. The number of hydrogen-bond acceptors (Lipinski definition) is 1. The molecule has 0 N–H and O–H groups in total. The van der Waals surface area contributed by atoms with Gasteiger partial charge in [0, 0.05) is 0 Å². The van der Waals surface area contributed by atoms with E-state index in [4.69, 9.17) is 1.47 Å². The Bertz CT molecular complexity index is 454. The molecule has 0 unspecified atom stereocenters. The summed E-state index contributed by atoms with van der Waals surface area (Å²) in [6.07, 6.45) is 7.77. The van der Waals surface area contributed by atoms with Crippen molar-refractivity contribution in [1.82, 2.24) is 0 Å². The van der Waals surface area contributed by atoms with Gasteiger partial charge in [0.2, 0.25) is 0 Å². The molecule has 0 bridgehead atoms. The summed E-state index contributed by atoms with van der Waals surface area (Å²) < 4.78 is 8.71. The van der Waals surface area contributed by atoms with Crippen LogP contribution in [-0.4, -0.2) is 42.7 Å². The Labute approximate surface area is 162 Å². The van der Waals surface area contributed by atoms with E-state index in [0.29, 0.717) is 0 Å². The Kier molecular flexibility index (Phi) is 11.2. The molecule has 0 fully saturated rings. The van der Waals surface area contributed by atoms with Crippen LogP contribution in [0.2, 0.25) is 8.94 Å². The molecular formula is C20H26OTe2. The zero-order valence-corrected chi connectivity index (χ0v) is 18.3. The quantitative estimate of drug-likeness (QED) is 0.270. The van der Waals surface area contributed by atoms with Gasteiger partial charge in [-0.15, -0.1) is 0 Å². The topological polar surface area (TPSA) is 9.23 Å². The predicted octanol–water partition coefficient (Wildman–Crippen LogP) is 5.12. The van der Waals surface area contributed by atoms with Gasteiger partial charge in [0.1, 0.15) is 0 Å². The third-order valence-electron chi connectivity index (χ3n) is 3.67. The third kappa shape index (κ3) is 9.76. The van der Waals surface area contributed by atoms with Crippen molar-refractivity contribution in [2.24, 2.45) is 0 Å². The summed E-state index contributed by atoms with van der Waals surface area (Å²) in [5.74, 6) is 0.